The number of carbonyl (C=O) groups excluding carboxylic acids is 1. The smallest absolute Gasteiger partial charge is 0.401 e. The molecule has 20 heavy (non-hydrogen) atoms. The molecule has 1 aromatic rings. The van der Waals surface area contributed by atoms with E-state index in [0.29, 0.717) is 5.56 Å². The third-order valence-corrected chi connectivity index (χ3v) is 2.99. The molecule has 0 saturated carbocycles. The second kappa shape index (κ2) is 6.74. The maximum absolute atomic E-state index is 12.3. The molecule has 1 rings (SSSR count). The van der Waals surface area contributed by atoms with E-state index in [2.05, 4.69) is 5.32 Å². The molecule has 1 atom stereocenters. The van der Waals surface area contributed by atoms with Gasteiger partial charge in [0.25, 0.3) is 0 Å². The van der Waals surface area contributed by atoms with Gasteiger partial charge < -0.3 is 4.74 Å². The van der Waals surface area contributed by atoms with Gasteiger partial charge in [-0.05, 0) is 37.5 Å². The average molecular weight is 289 g/mol. The van der Waals surface area contributed by atoms with Gasteiger partial charge in [0.2, 0.25) is 0 Å². The maximum atomic E-state index is 12.3. The van der Waals surface area contributed by atoms with Gasteiger partial charge >= 0.3 is 12.1 Å². The standard InChI is InChI=1S/C14H18F3NO2/c1-4-20-13(19)12(18-8-14(15,16)17)11-7-5-6-9(2)10(11)3/h5-7,12,18H,4,8H2,1-3H3. The van der Waals surface area contributed by atoms with Crippen molar-refractivity contribution in [3.63, 3.8) is 0 Å². The monoisotopic (exact) mass is 289 g/mol. The van der Waals surface area contributed by atoms with E-state index in [1.54, 1.807) is 26.0 Å². The zero-order valence-corrected chi connectivity index (χ0v) is 11.7. The predicted octanol–water partition coefficient (Wildman–Crippen LogP) is 3.06. The van der Waals surface area contributed by atoms with Crippen LogP contribution in [0.25, 0.3) is 0 Å². The molecule has 0 fully saturated rings. The highest BCUT2D eigenvalue weighted by Crippen LogP contribution is 2.23. The molecule has 6 heteroatoms. The van der Waals surface area contributed by atoms with Crippen LogP contribution in [0.3, 0.4) is 0 Å². The lowest BCUT2D eigenvalue weighted by Gasteiger charge is -2.21. The van der Waals surface area contributed by atoms with Crippen LogP contribution in [0.2, 0.25) is 0 Å². The molecule has 1 unspecified atom stereocenters. The summed E-state index contributed by atoms with van der Waals surface area (Å²) < 4.78 is 41.9. The largest absolute Gasteiger partial charge is 0.465 e. The van der Waals surface area contributed by atoms with E-state index in [0.717, 1.165) is 11.1 Å². The van der Waals surface area contributed by atoms with Crippen molar-refractivity contribution in [2.24, 2.45) is 0 Å². The lowest BCUT2D eigenvalue weighted by atomic mass is 9.97. The Hall–Kier alpha value is -1.56. The van der Waals surface area contributed by atoms with Crippen molar-refractivity contribution in [1.29, 1.82) is 0 Å². The van der Waals surface area contributed by atoms with Gasteiger partial charge in [0, 0.05) is 0 Å². The summed E-state index contributed by atoms with van der Waals surface area (Å²) in [5.41, 5.74) is 2.19. The summed E-state index contributed by atoms with van der Waals surface area (Å²) in [6, 6.07) is 4.06. The first-order valence-corrected chi connectivity index (χ1v) is 6.29. The Balaban J connectivity index is 3.03. The first kappa shape index (κ1) is 16.5. The van der Waals surface area contributed by atoms with Gasteiger partial charge in [-0.15, -0.1) is 0 Å². The molecule has 0 radical (unpaired) electrons. The van der Waals surface area contributed by atoms with Crippen molar-refractivity contribution in [2.45, 2.75) is 33.0 Å². The van der Waals surface area contributed by atoms with E-state index in [4.69, 9.17) is 4.74 Å². The fraction of sp³-hybridized carbons (Fsp3) is 0.500. The minimum atomic E-state index is -4.39. The Labute approximate surface area is 116 Å². The summed E-state index contributed by atoms with van der Waals surface area (Å²) in [7, 11) is 0. The van der Waals surface area contributed by atoms with Crippen LogP contribution >= 0.6 is 0 Å². The van der Waals surface area contributed by atoms with Crippen LogP contribution in [-0.2, 0) is 9.53 Å². The molecule has 0 aliphatic heterocycles. The number of alkyl halides is 3. The van der Waals surface area contributed by atoms with E-state index < -0.39 is 24.7 Å². The Bertz CT molecular complexity index is 472. The topological polar surface area (TPSA) is 38.3 Å². The first-order valence-electron chi connectivity index (χ1n) is 6.29. The van der Waals surface area contributed by atoms with Crippen LogP contribution in [0.4, 0.5) is 13.2 Å². The SMILES string of the molecule is CCOC(=O)C(NCC(F)(F)F)c1cccc(C)c1C. The fourth-order valence-electron chi connectivity index (χ4n) is 1.85. The number of rotatable bonds is 5. The van der Waals surface area contributed by atoms with Crippen molar-refractivity contribution in [3.8, 4) is 0 Å². The summed E-state index contributed by atoms with van der Waals surface area (Å²) in [5, 5.41) is 2.23. The predicted molar refractivity (Wildman–Crippen MR) is 69.3 cm³/mol. The summed E-state index contributed by atoms with van der Waals surface area (Å²) in [4.78, 5) is 11.9. The lowest BCUT2D eigenvalue weighted by Crippen LogP contribution is -2.37. The summed E-state index contributed by atoms with van der Waals surface area (Å²) in [6.07, 6.45) is -4.39. The molecule has 0 bridgehead atoms. The van der Waals surface area contributed by atoms with Crippen molar-refractivity contribution < 1.29 is 22.7 Å². The minimum absolute atomic E-state index is 0.119. The number of hydrogen-bond acceptors (Lipinski definition) is 3. The van der Waals surface area contributed by atoms with Crippen LogP contribution in [-0.4, -0.2) is 25.3 Å². The van der Waals surface area contributed by atoms with Gasteiger partial charge in [-0.25, -0.2) is 4.79 Å². The Morgan fingerprint density at radius 1 is 1.35 bits per heavy atom. The van der Waals surface area contributed by atoms with Crippen molar-refractivity contribution >= 4 is 5.97 Å². The second-order valence-electron chi connectivity index (χ2n) is 4.47. The number of ether oxygens (including phenoxy) is 1. The summed E-state index contributed by atoms with van der Waals surface area (Å²) >= 11 is 0. The minimum Gasteiger partial charge on any atom is -0.465 e. The number of aryl methyl sites for hydroxylation is 1. The molecule has 0 spiro atoms. The molecule has 1 N–H and O–H groups in total. The molecule has 0 heterocycles. The van der Waals surface area contributed by atoms with Gasteiger partial charge in [0.1, 0.15) is 6.04 Å². The number of esters is 1. The maximum Gasteiger partial charge on any atom is 0.401 e. The Kier molecular flexibility index (Phi) is 5.56. The zero-order valence-electron chi connectivity index (χ0n) is 11.7. The molecule has 0 aliphatic rings. The summed E-state index contributed by atoms with van der Waals surface area (Å²) in [5.74, 6) is -0.703. The van der Waals surface area contributed by atoms with Gasteiger partial charge in [-0.2, -0.15) is 13.2 Å². The van der Waals surface area contributed by atoms with Crippen LogP contribution in [0, 0.1) is 13.8 Å². The third-order valence-electron chi connectivity index (χ3n) is 2.99. The molecule has 0 aliphatic carbocycles. The third kappa shape index (κ3) is 4.52. The Morgan fingerprint density at radius 2 is 2.00 bits per heavy atom. The van der Waals surface area contributed by atoms with Crippen LogP contribution in [0.15, 0.2) is 18.2 Å². The van der Waals surface area contributed by atoms with Gasteiger partial charge in [-0.1, -0.05) is 18.2 Å². The van der Waals surface area contributed by atoms with E-state index in [1.807, 2.05) is 13.0 Å². The van der Waals surface area contributed by atoms with Crippen LogP contribution < -0.4 is 5.32 Å². The molecule has 0 saturated heterocycles. The number of halogens is 3. The number of carbonyl (C=O) groups is 1. The molecule has 1 aromatic carbocycles. The van der Waals surface area contributed by atoms with E-state index in [9.17, 15) is 18.0 Å². The van der Waals surface area contributed by atoms with Crippen molar-refractivity contribution in [3.05, 3.63) is 34.9 Å². The van der Waals surface area contributed by atoms with Gasteiger partial charge in [0.05, 0.1) is 13.2 Å². The van der Waals surface area contributed by atoms with Crippen LogP contribution in [0.5, 0.6) is 0 Å². The summed E-state index contributed by atoms with van der Waals surface area (Å²) in [6.45, 7) is 4.09. The normalized spacial score (nSPS) is 13.1. The molecular weight excluding hydrogens is 271 g/mol. The molecule has 3 nitrogen and oxygen atoms in total. The average Bonchev–Trinajstić information content (AvgIpc) is 2.33. The second-order valence-corrected chi connectivity index (χ2v) is 4.47. The fourth-order valence-corrected chi connectivity index (χ4v) is 1.85. The van der Waals surface area contributed by atoms with Gasteiger partial charge in [-0.3, -0.25) is 5.32 Å². The molecule has 0 aromatic heterocycles. The number of nitrogens with one attached hydrogen (secondary N) is 1. The lowest BCUT2D eigenvalue weighted by molar-refractivity contribution is -0.149. The number of hydrogen-bond donors (Lipinski definition) is 1. The van der Waals surface area contributed by atoms with Crippen LogP contribution in [0.1, 0.15) is 29.7 Å². The highest BCUT2D eigenvalue weighted by atomic mass is 19.4. The van der Waals surface area contributed by atoms with E-state index >= 15 is 0 Å². The Morgan fingerprint density at radius 3 is 2.55 bits per heavy atom. The molecule has 112 valence electrons. The first-order chi connectivity index (χ1) is 9.26. The molecule has 0 amide bonds. The van der Waals surface area contributed by atoms with Gasteiger partial charge in [0.15, 0.2) is 0 Å². The van der Waals surface area contributed by atoms with E-state index in [-0.39, 0.29) is 6.61 Å². The van der Waals surface area contributed by atoms with Crippen molar-refractivity contribution in [1.82, 2.24) is 5.32 Å². The highest BCUT2D eigenvalue weighted by Gasteiger charge is 2.32. The van der Waals surface area contributed by atoms with E-state index in [1.165, 1.54) is 0 Å². The number of benzene rings is 1. The molecular formula is C14H18F3NO2. The van der Waals surface area contributed by atoms with Crippen molar-refractivity contribution in [2.75, 3.05) is 13.2 Å². The zero-order chi connectivity index (χ0) is 15.3. The highest BCUT2D eigenvalue weighted by molar-refractivity contribution is 5.78. The quantitative estimate of drug-likeness (QED) is 0.847.